The standard InChI is InChI=1S/C17H13F5N2O2S/c18-10-9(11(19)13(21)14(22)12(10)20)16(26)24-17-8(15(23)25)6-4-2-1-3-5-7(6)27-17/h1-5H2,(H2,23,25)(H,24,26). The molecule has 1 aliphatic rings. The average molecular weight is 404 g/mol. The van der Waals surface area contributed by atoms with E-state index in [2.05, 4.69) is 5.32 Å². The van der Waals surface area contributed by atoms with Crippen LogP contribution in [0.1, 0.15) is 50.4 Å². The van der Waals surface area contributed by atoms with Crippen LogP contribution in [0, 0.1) is 29.1 Å². The Labute approximate surface area is 154 Å². The Hall–Kier alpha value is -2.49. The maximum atomic E-state index is 13.8. The second-order valence-corrected chi connectivity index (χ2v) is 7.14. The number of nitrogens with one attached hydrogen (secondary N) is 1. The van der Waals surface area contributed by atoms with E-state index in [1.165, 1.54) is 0 Å². The Kier molecular flexibility index (Phi) is 5.18. The molecule has 0 aliphatic heterocycles. The lowest BCUT2D eigenvalue weighted by Gasteiger charge is -2.09. The molecule has 0 bridgehead atoms. The second-order valence-electron chi connectivity index (χ2n) is 6.03. The van der Waals surface area contributed by atoms with Crippen molar-refractivity contribution in [2.24, 2.45) is 5.73 Å². The number of carbonyl (C=O) groups is 2. The van der Waals surface area contributed by atoms with Crippen LogP contribution in [0.15, 0.2) is 0 Å². The van der Waals surface area contributed by atoms with Gasteiger partial charge in [0.25, 0.3) is 11.8 Å². The number of primary amides is 1. The number of thiophene rings is 1. The molecule has 0 radical (unpaired) electrons. The molecule has 2 aromatic rings. The van der Waals surface area contributed by atoms with Gasteiger partial charge in [-0.2, -0.15) is 0 Å². The van der Waals surface area contributed by atoms with Gasteiger partial charge in [-0.15, -0.1) is 11.3 Å². The summed E-state index contributed by atoms with van der Waals surface area (Å²) in [6.07, 6.45) is 3.79. The number of carbonyl (C=O) groups excluding carboxylic acids is 2. The molecule has 1 aromatic carbocycles. The molecule has 0 unspecified atom stereocenters. The first-order valence-corrected chi connectivity index (χ1v) is 8.82. The summed E-state index contributed by atoms with van der Waals surface area (Å²) in [6, 6.07) is 0. The second kappa shape index (κ2) is 7.26. The molecule has 3 rings (SSSR count). The Bertz CT molecular complexity index is 929. The van der Waals surface area contributed by atoms with Gasteiger partial charge in [-0.1, -0.05) is 6.42 Å². The van der Waals surface area contributed by atoms with Crippen LogP contribution in [0.2, 0.25) is 0 Å². The maximum absolute atomic E-state index is 13.8. The zero-order chi connectivity index (χ0) is 19.9. The Morgan fingerprint density at radius 2 is 1.37 bits per heavy atom. The zero-order valence-electron chi connectivity index (χ0n) is 13.7. The Balaban J connectivity index is 2.04. The summed E-state index contributed by atoms with van der Waals surface area (Å²) < 4.78 is 67.4. The first-order valence-electron chi connectivity index (χ1n) is 8.01. The summed E-state index contributed by atoms with van der Waals surface area (Å²) in [5.74, 6) is -13.7. The van der Waals surface area contributed by atoms with Gasteiger partial charge in [0, 0.05) is 4.88 Å². The highest BCUT2D eigenvalue weighted by atomic mass is 32.1. The van der Waals surface area contributed by atoms with E-state index in [1.54, 1.807) is 0 Å². The number of aryl methyl sites for hydroxylation is 1. The van der Waals surface area contributed by atoms with Crippen molar-refractivity contribution in [1.82, 2.24) is 0 Å². The number of benzene rings is 1. The topological polar surface area (TPSA) is 72.2 Å². The lowest BCUT2D eigenvalue weighted by molar-refractivity contribution is 0.100. The predicted octanol–water partition coefficient (Wildman–Crippen LogP) is 4.06. The van der Waals surface area contributed by atoms with E-state index in [0.29, 0.717) is 18.4 Å². The highest BCUT2D eigenvalue weighted by Crippen LogP contribution is 2.37. The summed E-state index contributed by atoms with van der Waals surface area (Å²) in [4.78, 5) is 24.9. The van der Waals surface area contributed by atoms with Crippen molar-refractivity contribution in [3.05, 3.63) is 50.7 Å². The molecule has 144 valence electrons. The summed E-state index contributed by atoms with van der Waals surface area (Å²) in [6.45, 7) is 0. The van der Waals surface area contributed by atoms with Crippen molar-refractivity contribution in [2.45, 2.75) is 32.1 Å². The number of halogens is 5. The third-order valence-electron chi connectivity index (χ3n) is 4.33. The minimum atomic E-state index is -2.36. The van der Waals surface area contributed by atoms with E-state index in [1.807, 2.05) is 0 Å². The number of nitrogens with two attached hydrogens (primary N) is 1. The van der Waals surface area contributed by atoms with Gasteiger partial charge in [-0.3, -0.25) is 9.59 Å². The van der Waals surface area contributed by atoms with E-state index in [4.69, 9.17) is 5.73 Å². The van der Waals surface area contributed by atoms with Gasteiger partial charge in [0.1, 0.15) is 10.6 Å². The van der Waals surface area contributed by atoms with Crippen LogP contribution in [0.5, 0.6) is 0 Å². The van der Waals surface area contributed by atoms with Gasteiger partial charge in [-0.25, -0.2) is 22.0 Å². The zero-order valence-corrected chi connectivity index (χ0v) is 14.5. The van der Waals surface area contributed by atoms with Crippen LogP contribution in [-0.2, 0) is 12.8 Å². The lowest BCUT2D eigenvalue weighted by atomic mass is 10.0. The fourth-order valence-electron chi connectivity index (χ4n) is 3.06. The van der Waals surface area contributed by atoms with Crippen molar-refractivity contribution in [2.75, 3.05) is 5.32 Å². The summed E-state index contributed by atoms with van der Waals surface area (Å²) >= 11 is 1.01. The number of anilines is 1. The van der Waals surface area contributed by atoms with Crippen LogP contribution in [0.25, 0.3) is 0 Å². The van der Waals surface area contributed by atoms with Gasteiger partial charge in [0.15, 0.2) is 23.3 Å². The Morgan fingerprint density at radius 3 is 1.96 bits per heavy atom. The quantitative estimate of drug-likeness (QED) is 0.350. The molecule has 10 heteroatoms. The molecule has 4 nitrogen and oxygen atoms in total. The predicted molar refractivity (Wildman–Crippen MR) is 88.3 cm³/mol. The van der Waals surface area contributed by atoms with E-state index >= 15 is 0 Å². The van der Waals surface area contributed by atoms with Crippen LogP contribution < -0.4 is 11.1 Å². The number of rotatable bonds is 3. The van der Waals surface area contributed by atoms with E-state index in [0.717, 1.165) is 35.5 Å². The molecular weight excluding hydrogens is 391 g/mol. The van der Waals surface area contributed by atoms with E-state index < -0.39 is 46.5 Å². The molecule has 27 heavy (non-hydrogen) atoms. The summed E-state index contributed by atoms with van der Waals surface area (Å²) in [5.41, 5.74) is 4.41. The third kappa shape index (κ3) is 3.29. The first kappa shape index (κ1) is 19.3. The monoisotopic (exact) mass is 404 g/mol. The van der Waals surface area contributed by atoms with Crippen LogP contribution in [-0.4, -0.2) is 11.8 Å². The van der Waals surface area contributed by atoms with Gasteiger partial charge in [0.2, 0.25) is 5.82 Å². The molecule has 0 fully saturated rings. The third-order valence-corrected chi connectivity index (χ3v) is 5.54. The SMILES string of the molecule is NC(=O)c1c(NC(=O)c2c(F)c(F)c(F)c(F)c2F)sc2c1CCCCC2. The molecular formula is C17H13F5N2O2S. The normalized spacial score (nSPS) is 13.8. The molecule has 1 heterocycles. The average Bonchev–Trinajstić information content (AvgIpc) is 2.79. The lowest BCUT2D eigenvalue weighted by Crippen LogP contribution is -2.21. The first-order chi connectivity index (χ1) is 12.7. The fourth-order valence-corrected chi connectivity index (χ4v) is 4.35. The van der Waals surface area contributed by atoms with Crippen molar-refractivity contribution in [3.63, 3.8) is 0 Å². The molecule has 0 saturated carbocycles. The fraction of sp³-hybridized carbons (Fsp3) is 0.294. The maximum Gasteiger partial charge on any atom is 0.262 e. The molecule has 1 aliphatic carbocycles. The van der Waals surface area contributed by atoms with Crippen molar-refractivity contribution in [3.8, 4) is 0 Å². The molecule has 3 N–H and O–H groups in total. The largest absolute Gasteiger partial charge is 0.365 e. The highest BCUT2D eigenvalue weighted by Gasteiger charge is 2.31. The molecule has 1 aromatic heterocycles. The summed E-state index contributed by atoms with van der Waals surface area (Å²) in [7, 11) is 0. The van der Waals surface area contributed by atoms with Gasteiger partial charge in [0.05, 0.1) is 5.56 Å². The highest BCUT2D eigenvalue weighted by molar-refractivity contribution is 7.17. The van der Waals surface area contributed by atoms with Crippen LogP contribution in [0.4, 0.5) is 27.0 Å². The molecule has 2 amide bonds. The smallest absolute Gasteiger partial charge is 0.262 e. The van der Waals surface area contributed by atoms with E-state index in [-0.39, 0.29) is 10.6 Å². The van der Waals surface area contributed by atoms with Crippen molar-refractivity contribution in [1.29, 1.82) is 0 Å². The van der Waals surface area contributed by atoms with Gasteiger partial charge < -0.3 is 11.1 Å². The minimum absolute atomic E-state index is 0.00845. The van der Waals surface area contributed by atoms with Crippen LogP contribution in [0.3, 0.4) is 0 Å². The van der Waals surface area contributed by atoms with Gasteiger partial charge >= 0.3 is 0 Å². The van der Waals surface area contributed by atoms with Crippen LogP contribution >= 0.6 is 11.3 Å². The van der Waals surface area contributed by atoms with Crippen molar-refractivity contribution >= 4 is 28.2 Å². The summed E-state index contributed by atoms with van der Waals surface area (Å²) in [5, 5.41) is 2.02. The number of hydrogen-bond donors (Lipinski definition) is 2. The number of hydrogen-bond acceptors (Lipinski definition) is 3. The molecule has 0 spiro atoms. The number of fused-ring (bicyclic) bond motifs is 1. The molecule has 0 atom stereocenters. The minimum Gasteiger partial charge on any atom is -0.365 e. The van der Waals surface area contributed by atoms with Crippen molar-refractivity contribution < 1.29 is 31.5 Å². The van der Waals surface area contributed by atoms with E-state index in [9.17, 15) is 31.5 Å². The Morgan fingerprint density at radius 1 is 0.815 bits per heavy atom. The van der Waals surface area contributed by atoms with Gasteiger partial charge in [-0.05, 0) is 31.2 Å². The molecule has 0 saturated heterocycles. The number of amides is 2.